The first kappa shape index (κ1) is 23.1. The Morgan fingerprint density at radius 3 is 2.57 bits per heavy atom. The standard InChI is InChI=1S/C21H31N5S.HI/c1-22-21(23-12-9-15-26-13-7-2-3-8-14-26)24-16-20-25-19(17-27-20)18-10-5-4-6-11-18;/h4-6,10-11,17H,2-3,7-9,12-16H2,1H3,(H2,22,23,24);1H. The molecule has 0 atom stereocenters. The van der Waals surface area contributed by atoms with Crippen LogP contribution in [0, 0.1) is 0 Å². The third-order valence-corrected chi connectivity index (χ3v) is 5.74. The molecule has 0 radical (unpaired) electrons. The van der Waals surface area contributed by atoms with Crippen molar-refractivity contribution in [3.05, 3.63) is 40.7 Å². The van der Waals surface area contributed by atoms with Crippen molar-refractivity contribution in [2.24, 2.45) is 4.99 Å². The summed E-state index contributed by atoms with van der Waals surface area (Å²) >= 11 is 1.68. The van der Waals surface area contributed by atoms with E-state index in [-0.39, 0.29) is 24.0 Å². The number of nitrogens with one attached hydrogen (secondary N) is 2. The van der Waals surface area contributed by atoms with Crippen LogP contribution in [-0.2, 0) is 6.54 Å². The van der Waals surface area contributed by atoms with Gasteiger partial charge in [-0.15, -0.1) is 35.3 Å². The van der Waals surface area contributed by atoms with Gasteiger partial charge in [-0.05, 0) is 38.9 Å². The molecule has 0 aliphatic carbocycles. The van der Waals surface area contributed by atoms with E-state index in [1.165, 1.54) is 45.3 Å². The van der Waals surface area contributed by atoms with Gasteiger partial charge in [0.25, 0.3) is 0 Å². The SMILES string of the molecule is CN=C(NCCCN1CCCCCC1)NCc1nc(-c2ccccc2)cs1.I. The smallest absolute Gasteiger partial charge is 0.191 e. The quantitative estimate of drug-likeness (QED) is 0.250. The molecular weight excluding hydrogens is 481 g/mol. The molecule has 7 heteroatoms. The molecule has 3 rings (SSSR count). The summed E-state index contributed by atoms with van der Waals surface area (Å²) in [6.07, 6.45) is 6.66. The topological polar surface area (TPSA) is 52.6 Å². The Balaban J connectivity index is 0.00000280. The second-order valence-electron chi connectivity index (χ2n) is 6.95. The minimum absolute atomic E-state index is 0. The van der Waals surface area contributed by atoms with Crippen molar-refractivity contribution in [3.63, 3.8) is 0 Å². The van der Waals surface area contributed by atoms with Gasteiger partial charge >= 0.3 is 0 Å². The fraction of sp³-hybridized carbons (Fsp3) is 0.524. The summed E-state index contributed by atoms with van der Waals surface area (Å²) in [4.78, 5) is 11.6. The Morgan fingerprint density at radius 2 is 1.86 bits per heavy atom. The predicted octanol–water partition coefficient (Wildman–Crippen LogP) is 4.36. The summed E-state index contributed by atoms with van der Waals surface area (Å²) in [6.45, 7) is 5.35. The maximum Gasteiger partial charge on any atom is 0.191 e. The van der Waals surface area contributed by atoms with Crippen molar-refractivity contribution in [1.29, 1.82) is 0 Å². The number of hydrogen-bond acceptors (Lipinski definition) is 4. The molecular formula is C21H32IN5S. The van der Waals surface area contributed by atoms with E-state index in [1.54, 1.807) is 11.3 Å². The van der Waals surface area contributed by atoms with Gasteiger partial charge in [-0.25, -0.2) is 4.98 Å². The lowest BCUT2D eigenvalue weighted by Gasteiger charge is -2.20. The van der Waals surface area contributed by atoms with Gasteiger partial charge in [0.05, 0.1) is 12.2 Å². The number of halogens is 1. The van der Waals surface area contributed by atoms with E-state index in [2.05, 4.69) is 38.0 Å². The van der Waals surface area contributed by atoms with E-state index in [4.69, 9.17) is 4.98 Å². The summed E-state index contributed by atoms with van der Waals surface area (Å²) < 4.78 is 0. The summed E-state index contributed by atoms with van der Waals surface area (Å²) in [5.41, 5.74) is 2.20. The molecule has 1 saturated heterocycles. The van der Waals surface area contributed by atoms with E-state index in [0.717, 1.165) is 35.2 Å². The molecule has 1 aliphatic rings. The van der Waals surface area contributed by atoms with Crippen LogP contribution in [0.25, 0.3) is 11.3 Å². The van der Waals surface area contributed by atoms with E-state index in [0.29, 0.717) is 6.54 Å². The average molecular weight is 513 g/mol. The number of benzene rings is 1. The Kier molecular flexibility index (Phi) is 10.8. The fourth-order valence-electron chi connectivity index (χ4n) is 3.38. The van der Waals surface area contributed by atoms with Gasteiger partial charge in [-0.3, -0.25) is 4.99 Å². The van der Waals surface area contributed by atoms with Crippen LogP contribution >= 0.6 is 35.3 Å². The highest BCUT2D eigenvalue weighted by Gasteiger charge is 2.08. The molecule has 1 fully saturated rings. The van der Waals surface area contributed by atoms with Crippen LogP contribution in [0.1, 0.15) is 37.1 Å². The second-order valence-corrected chi connectivity index (χ2v) is 7.90. The molecule has 1 aromatic heterocycles. The largest absolute Gasteiger partial charge is 0.356 e. The van der Waals surface area contributed by atoms with Crippen molar-refractivity contribution in [2.45, 2.75) is 38.6 Å². The van der Waals surface area contributed by atoms with Gasteiger partial charge in [0.15, 0.2) is 5.96 Å². The predicted molar refractivity (Wildman–Crippen MR) is 131 cm³/mol. The van der Waals surface area contributed by atoms with E-state index in [9.17, 15) is 0 Å². The summed E-state index contributed by atoms with van der Waals surface area (Å²) in [5.74, 6) is 0.849. The molecule has 2 N–H and O–H groups in total. The Hall–Kier alpha value is -1.19. The first-order valence-corrected chi connectivity index (χ1v) is 10.9. The maximum atomic E-state index is 4.72. The van der Waals surface area contributed by atoms with Crippen LogP contribution in [-0.4, -0.2) is 49.1 Å². The summed E-state index contributed by atoms with van der Waals surface area (Å²) in [6, 6.07) is 10.3. The van der Waals surface area contributed by atoms with Crippen molar-refractivity contribution in [1.82, 2.24) is 20.5 Å². The third-order valence-electron chi connectivity index (χ3n) is 4.89. The van der Waals surface area contributed by atoms with Crippen LogP contribution < -0.4 is 10.6 Å². The minimum atomic E-state index is 0. The van der Waals surface area contributed by atoms with Gasteiger partial charge in [0.1, 0.15) is 5.01 Å². The van der Waals surface area contributed by atoms with Crippen molar-refractivity contribution >= 4 is 41.3 Å². The van der Waals surface area contributed by atoms with Gasteiger partial charge in [-0.2, -0.15) is 0 Å². The molecule has 1 aliphatic heterocycles. The zero-order valence-electron chi connectivity index (χ0n) is 16.7. The highest BCUT2D eigenvalue weighted by atomic mass is 127. The molecule has 2 heterocycles. The molecule has 1 aromatic carbocycles. The summed E-state index contributed by atoms with van der Waals surface area (Å²) in [5, 5.41) is 9.98. The third kappa shape index (κ3) is 7.67. The van der Waals surface area contributed by atoms with Gasteiger partial charge < -0.3 is 15.5 Å². The Morgan fingerprint density at radius 1 is 1.11 bits per heavy atom. The number of nitrogens with zero attached hydrogens (tertiary/aromatic N) is 3. The number of thiazole rings is 1. The van der Waals surface area contributed by atoms with Crippen LogP contribution in [0.2, 0.25) is 0 Å². The minimum Gasteiger partial charge on any atom is -0.356 e. The lowest BCUT2D eigenvalue weighted by Crippen LogP contribution is -2.38. The molecule has 0 bridgehead atoms. The average Bonchev–Trinajstić information content (AvgIpc) is 3.04. The molecule has 28 heavy (non-hydrogen) atoms. The molecule has 154 valence electrons. The van der Waals surface area contributed by atoms with Gasteiger partial charge in [0, 0.05) is 24.5 Å². The monoisotopic (exact) mass is 513 g/mol. The Bertz CT molecular complexity index is 696. The molecule has 5 nitrogen and oxygen atoms in total. The summed E-state index contributed by atoms with van der Waals surface area (Å²) in [7, 11) is 1.82. The normalized spacial score (nSPS) is 15.5. The maximum absolute atomic E-state index is 4.72. The van der Waals surface area contributed by atoms with Gasteiger partial charge in [-0.1, -0.05) is 43.2 Å². The number of aromatic nitrogens is 1. The molecule has 0 saturated carbocycles. The number of guanidine groups is 1. The molecule has 0 spiro atoms. The van der Waals surface area contributed by atoms with E-state index >= 15 is 0 Å². The van der Waals surface area contributed by atoms with Crippen LogP contribution in [0.3, 0.4) is 0 Å². The molecule has 2 aromatic rings. The first-order valence-electron chi connectivity index (χ1n) is 10.0. The number of hydrogen-bond donors (Lipinski definition) is 2. The van der Waals surface area contributed by atoms with Crippen molar-refractivity contribution in [3.8, 4) is 11.3 Å². The zero-order valence-corrected chi connectivity index (χ0v) is 19.8. The zero-order chi connectivity index (χ0) is 18.7. The Labute approximate surface area is 190 Å². The highest BCUT2D eigenvalue weighted by molar-refractivity contribution is 14.0. The fourth-order valence-corrected chi connectivity index (χ4v) is 4.13. The number of rotatable bonds is 7. The van der Waals surface area contributed by atoms with Crippen molar-refractivity contribution < 1.29 is 0 Å². The van der Waals surface area contributed by atoms with E-state index in [1.807, 2.05) is 25.2 Å². The van der Waals surface area contributed by atoms with Crippen LogP contribution in [0.5, 0.6) is 0 Å². The lowest BCUT2D eigenvalue weighted by molar-refractivity contribution is 0.282. The van der Waals surface area contributed by atoms with Crippen molar-refractivity contribution in [2.75, 3.05) is 33.2 Å². The number of aliphatic imine (C=N–C) groups is 1. The lowest BCUT2D eigenvalue weighted by atomic mass is 10.2. The highest BCUT2D eigenvalue weighted by Crippen LogP contribution is 2.21. The van der Waals surface area contributed by atoms with Crippen LogP contribution in [0.4, 0.5) is 0 Å². The van der Waals surface area contributed by atoms with Crippen LogP contribution in [0.15, 0.2) is 40.7 Å². The van der Waals surface area contributed by atoms with Gasteiger partial charge in [0.2, 0.25) is 0 Å². The number of likely N-dealkylation sites (tertiary alicyclic amines) is 1. The van der Waals surface area contributed by atoms with E-state index < -0.39 is 0 Å². The molecule has 0 amide bonds. The molecule has 0 unspecified atom stereocenters. The second kappa shape index (κ2) is 13.1. The first-order chi connectivity index (χ1) is 13.3.